The van der Waals surface area contributed by atoms with Crippen LogP contribution in [-0.4, -0.2) is 41.5 Å². The molecule has 0 aliphatic carbocycles. The smallest absolute Gasteiger partial charge is 0.293 e. The largest absolute Gasteiger partial charge is 0.379 e. The summed E-state index contributed by atoms with van der Waals surface area (Å²) < 4.78 is 0.866. The fraction of sp³-hybridized carbons (Fsp3) is 0.500. The molecule has 7 heteroatoms. The highest BCUT2D eigenvalue weighted by atomic mass is 32.1. The highest BCUT2D eigenvalue weighted by molar-refractivity contribution is 7.18. The second-order valence-corrected chi connectivity index (χ2v) is 6.86. The molecular formula is C14H18N4O2S. The highest BCUT2D eigenvalue weighted by Crippen LogP contribution is 2.33. The monoisotopic (exact) mass is 306 g/mol. The first-order valence-corrected chi connectivity index (χ1v) is 7.82. The number of nitro groups is 1. The number of hydrogen-bond donors (Lipinski definition) is 1. The van der Waals surface area contributed by atoms with E-state index in [4.69, 9.17) is 0 Å². The first-order valence-electron chi connectivity index (χ1n) is 7.01. The molecule has 0 saturated carbocycles. The average Bonchev–Trinajstić information content (AvgIpc) is 2.99. The lowest BCUT2D eigenvalue weighted by Gasteiger charge is -2.12. The maximum absolute atomic E-state index is 11.3. The molecule has 3 rings (SSSR count). The summed E-state index contributed by atoms with van der Waals surface area (Å²) in [5.41, 5.74) is 1.54. The predicted octanol–water partition coefficient (Wildman–Crippen LogP) is 2.88. The zero-order valence-corrected chi connectivity index (χ0v) is 12.9. The molecule has 1 saturated heterocycles. The second kappa shape index (κ2) is 5.57. The normalized spacial score (nSPS) is 19.2. The summed E-state index contributed by atoms with van der Waals surface area (Å²) >= 11 is 1.49. The van der Waals surface area contributed by atoms with Crippen LogP contribution in [0.25, 0.3) is 10.2 Å². The third-order valence-electron chi connectivity index (χ3n) is 3.88. The van der Waals surface area contributed by atoms with Crippen LogP contribution in [0.5, 0.6) is 0 Å². The minimum Gasteiger partial charge on any atom is -0.379 e. The van der Waals surface area contributed by atoms with Gasteiger partial charge in [-0.3, -0.25) is 10.1 Å². The molecule has 112 valence electrons. The summed E-state index contributed by atoms with van der Waals surface area (Å²) in [5.74, 6) is 0.544. The molecule has 1 atom stereocenters. The summed E-state index contributed by atoms with van der Waals surface area (Å²) in [6.45, 7) is 4.81. The number of benzene rings is 1. The Kier molecular flexibility index (Phi) is 3.77. The lowest BCUT2D eigenvalue weighted by molar-refractivity contribution is -0.383. The van der Waals surface area contributed by atoms with Gasteiger partial charge in [0.1, 0.15) is 5.69 Å². The van der Waals surface area contributed by atoms with E-state index in [0.29, 0.717) is 11.6 Å². The van der Waals surface area contributed by atoms with Crippen LogP contribution in [-0.2, 0) is 0 Å². The van der Waals surface area contributed by atoms with Crippen molar-refractivity contribution in [3.63, 3.8) is 0 Å². The first kappa shape index (κ1) is 14.2. The van der Waals surface area contributed by atoms with E-state index in [1.54, 1.807) is 12.1 Å². The molecule has 2 aromatic rings. The molecule has 1 aliphatic rings. The van der Waals surface area contributed by atoms with Gasteiger partial charge in [0.25, 0.3) is 5.69 Å². The lowest BCUT2D eigenvalue weighted by atomic mass is 10.1. The molecule has 2 heterocycles. The Balaban J connectivity index is 1.85. The number of hydrogen-bond acceptors (Lipinski definition) is 6. The van der Waals surface area contributed by atoms with Crippen LogP contribution in [0.2, 0.25) is 0 Å². The van der Waals surface area contributed by atoms with Crippen molar-refractivity contribution in [3.8, 4) is 0 Å². The van der Waals surface area contributed by atoms with Crippen LogP contribution in [0, 0.1) is 23.0 Å². The maximum atomic E-state index is 11.3. The topological polar surface area (TPSA) is 71.3 Å². The number of thiazole rings is 1. The number of nitrogens with zero attached hydrogens (tertiary/aromatic N) is 3. The quantitative estimate of drug-likeness (QED) is 0.694. The summed E-state index contributed by atoms with van der Waals surface area (Å²) in [4.78, 5) is 17.6. The van der Waals surface area contributed by atoms with Gasteiger partial charge in [-0.2, -0.15) is 0 Å². The van der Waals surface area contributed by atoms with E-state index in [2.05, 4.69) is 22.2 Å². The number of likely N-dealkylation sites (tertiary alicyclic amines) is 1. The van der Waals surface area contributed by atoms with Crippen molar-refractivity contribution in [1.82, 2.24) is 9.88 Å². The Morgan fingerprint density at radius 3 is 3.05 bits per heavy atom. The van der Waals surface area contributed by atoms with E-state index in [-0.39, 0.29) is 10.6 Å². The SMILES string of the molecule is Cc1nc2cc(NCC3CCN(C)C3)c([N+](=O)[O-])cc2s1. The van der Waals surface area contributed by atoms with Gasteiger partial charge in [0.15, 0.2) is 0 Å². The van der Waals surface area contributed by atoms with E-state index in [0.717, 1.165) is 41.3 Å². The van der Waals surface area contributed by atoms with Crippen LogP contribution in [0.1, 0.15) is 11.4 Å². The Labute approximate surface area is 126 Å². The van der Waals surface area contributed by atoms with E-state index in [1.807, 2.05) is 6.92 Å². The molecule has 1 aromatic carbocycles. The van der Waals surface area contributed by atoms with E-state index < -0.39 is 0 Å². The van der Waals surface area contributed by atoms with Crippen molar-refractivity contribution < 1.29 is 4.92 Å². The van der Waals surface area contributed by atoms with E-state index in [9.17, 15) is 10.1 Å². The number of nitrogens with one attached hydrogen (secondary N) is 1. The van der Waals surface area contributed by atoms with Gasteiger partial charge in [0.05, 0.1) is 20.1 Å². The highest BCUT2D eigenvalue weighted by Gasteiger charge is 2.22. The number of anilines is 1. The number of aromatic nitrogens is 1. The molecule has 0 spiro atoms. The molecule has 0 amide bonds. The standard InChI is InChI=1S/C14H18N4O2S/c1-9-16-12-5-11(13(18(19)20)6-14(12)21-9)15-7-10-3-4-17(2)8-10/h5-6,10,15H,3-4,7-8H2,1-2H3. The summed E-state index contributed by atoms with van der Waals surface area (Å²) in [6.07, 6.45) is 1.13. The third-order valence-corrected chi connectivity index (χ3v) is 4.81. The minimum absolute atomic E-state index is 0.137. The summed E-state index contributed by atoms with van der Waals surface area (Å²) in [6, 6.07) is 3.43. The van der Waals surface area contributed by atoms with Crippen molar-refractivity contribution in [1.29, 1.82) is 0 Å². The predicted molar refractivity (Wildman–Crippen MR) is 85.1 cm³/mol. The lowest BCUT2D eigenvalue weighted by Crippen LogP contribution is -2.19. The van der Waals surface area contributed by atoms with Gasteiger partial charge < -0.3 is 10.2 Å². The molecule has 0 bridgehead atoms. The molecular weight excluding hydrogens is 288 g/mol. The molecule has 0 radical (unpaired) electrons. The zero-order valence-electron chi connectivity index (χ0n) is 12.1. The van der Waals surface area contributed by atoms with Crippen LogP contribution in [0.3, 0.4) is 0 Å². The molecule has 21 heavy (non-hydrogen) atoms. The van der Waals surface area contributed by atoms with Gasteiger partial charge in [-0.05, 0) is 38.9 Å². The first-order chi connectivity index (χ1) is 10.0. The zero-order chi connectivity index (χ0) is 15.0. The van der Waals surface area contributed by atoms with Gasteiger partial charge in [0, 0.05) is 19.2 Å². The fourth-order valence-corrected chi connectivity index (χ4v) is 3.66. The fourth-order valence-electron chi connectivity index (χ4n) is 2.82. The Morgan fingerprint density at radius 1 is 1.57 bits per heavy atom. The molecule has 1 fully saturated rings. The van der Waals surface area contributed by atoms with Crippen LogP contribution >= 0.6 is 11.3 Å². The van der Waals surface area contributed by atoms with Crippen molar-refractivity contribution in [2.24, 2.45) is 5.92 Å². The average molecular weight is 306 g/mol. The molecule has 1 aliphatic heterocycles. The van der Waals surface area contributed by atoms with Gasteiger partial charge in [-0.15, -0.1) is 11.3 Å². The van der Waals surface area contributed by atoms with Crippen LogP contribution < -0.4 is 5.32 Å². The number of nitro benzene ring substituents is 1. The van der Waals surface area contributed by atoms with Crippen molar-refractivity contribution in [3.05, 3.63) is 27.3 Å². The maximum Gasteiger partial charge on any atom is 0.293 e. The Hall–Kier alpha value is -1.73. The van der Waals surface area contributed by atoms with Gasteiger partial charge >= 0.3 is 0 Å². The molecule has 1 unspecified atom stereocenters. The Bertz CT molecular complexity index is 685. The van der Waals surface area contributed by atoms with Crippen molar-refractivity contribution in [2.45, 2.75) is 13.3 Å². The van der Waals surface area contributed by atoms with Crippen molar-refractivity contribution in [2.75, 3.05) is 32.0 Å². The number of aryl methyl sites for hydroxylation is 1. The minimum atomic E-state index is -0.322. The second-order valence-electron chi connectivity index (χ2n) is 5.62. The Morgan fingerprint density at radius 2 is 2.38 bits per heavy atom. The third kappa shape index (κ3) is 2.98. The van der Waals surface area contributed by atoms with Crippen LogP contribution in [0.4, 0.5) is 11.4 Å². The van der Waals surface area contributed by atoms with Gasteiger partial charge in [-0.1, -0.05) is 0 Å². The summed E-state index contributed by atoms with van der Waals surface area (Å²) in [5, 5.41) is 15.4. The van der Waals surface area contributed by atoms with Gasteiger partial charge in [-0.25, -0.2) is 4.98 Å². The van der Waals surface area contributed by atoms with Crippen LogP contribution in [0.15, 0.2) is 12.1 Å². The number of fused-ring (bicyclic) bond motifs is 1. The van der Waals surface area contributed by atoms with Gasteiger partial charge in [0.2, 0.25) is 0 Å². The molecule has 6 nitrogen and oxygen atoms in total. The van der Waals surface area contributed by atoms with E-state index >= 15 is 0 Å². The molecule has 1 N–H and O–H groups in total. The van der Waals surface area contributed by atoms with Crippen molar-refractivity contribution >= 4 is 32.9 Å². The molecule has 1 aromatic heterocycles. The summed E-state index contributed by atoms with van der Waals surface area (Å²) in [7, 11) is 2.10. The number of rotatable bonds is 4. The van der Waals surface area contributed by atoms with E-state index in [1.165, 1.54) is 11.3 Å².